The fourth-order valence-electron chi connectivity index (χ4n) is 1.89. The second kappa shape index (κ2) is 8.49. The molecule has 0 aliphatic carbocycles. The number of nitrogens with zero attached hydrogens (tertiary/aromatic N) is 1. The Balaban J connectivity index is 2.86. The smallest absolute Gasteiger partial charge is 0.236 e. The summed E-state index contributed by atoms with van der Waals surface area (Å²) in [5.74, 6) is -1.08. The number of nitrogens with two attached hydrogens (primary N) is 2. The van der Waals surface area contributed by atoms with E-state index >= 15 is 0 Å². The highest BCUT2D eigenvalue weighted by molar-refractivity contribution is 6.31. The van der Waals surface area contributed by atoms with E-state index in [0.29, 0.717) is 17.3 Å². The molecule has 0 fully saturated rings. The standard InChI is InChI=1S/C14H21ClN4O2/c1-2-5-18-7-10-3-4-11(6-12(10)15)19(8-13(16)20)9-14(17)21/h3-4,6,18H,2,5,7-9H2,1H3,(H2,16,20)(H2,17,21). The van der Waals surface area contributed by atoms with E-state index in [1.165, 1.54) is 4.90 Å². The van der Waals surface area contributed by atoms with Crippen molar-refractivity contribution in [2.24, 2.45) is 11.5 Å². The Morgan fingerprint density at radius 2 is 1.86 bits per heavy atom. The zero-order valence-corrected chi connectivity index (χ0v) is 12.8. The van der Waals surface area contributed by atoms with Crippen molar-refractivity contribution in [1.82, 2.24) is 5.32 Å². The summed E-state index contributed by atoms with van der Waals surface area (Å²) in [6, 6.07) is 5.35. The molecule has 0 aromatic heterocycles. The highest BCUT2D eigenvalue weighted by Gasteiger charge is 2.13. The predicted octanol–water partition coefficient (Wildman–Crippen LogP) is 0.617. The molecule has 0 heterocycles. The van der Waals surface area contributed by atoms with E-state index in [4.69, 9.17) is 23.1 Å². The van der Waals surface area contributed by atoms with Crippen LogP contribution in [0.5, 0.6) is 0 Å². The van der Waals surface area contributed by atoms with E-state index < -0.39 is 11.8 Å². The molecule has 7 heteroatoms. The van der Waals surface area contributed by atoms with Gasteiger partial charge in [-0.15, -0.1) is 0 Å². The van der Waals surface area contributed by atoms with Crippen LogP contribution in [0.3, 0.4) is 0 Å². The van der Waals surface area contributed by atoms with Gasteiger partial charge >= 0.3 is 0 Å². The molecule has 6 nitrogen and oxygen atoms in total. The fraction of sp³-hybridized carbons (Fsp3) is 0.429. The van der Waals surface area contributed by atoms with E-state index in [0.717, 1.165) is 18.5 Å². The molecule has 0 saturated heterocycles. The number of anilines is 1. The molecule has 0 atom stereocenters. The van der Waals surface area contributed by atoms with Gasteiger partial charge in [0.1, 0.15) is 0 Å². The van der Waals surface area contributed by atoms with E-state index in [-0.39, 0.29) is 13.1 Å². The number of rotatable bonds is 9. The molecule has 116 valence electrons. The third-order valence-corrected chi connectivity index (χ3v) is 3.19. The zero-order chi connectivity index (χ0) is 15.8. The van der Waals surface area contributed by atoms with Gasteiger partial charge in [-0.25, -0.2) is 0 Å². The number of carbonyl (C=O) groups is 2. The molecule has 1 aromatic rings. The SMILES string of the molecule is CCCNCc1ccc(N(CC(N)=O)CC(N)=O)cc1Cl. The molecule has 5 N–H and O–H groups in total. The zero-order valence-electron chi connectivity index (χ0n) is 12.1. The Morgan fingerprint density at radius 1 is 1.24 bits per heavy atom. The lowest BCUT2D eigenvalue weighted by atomic mass is 10.2. The molecule has 0 saturated carbocycles. The maximum Gasteiger partial charge on any atom is 0.236 e. The van der Waals surface area contributed by atoms with Crippen molar-refractivity contribution in [1.29, 1.82) is 0 Å². The van der Waals surface area contributed by atoms with E-state index in [1.54, 1.807) is 12.1 Å². The van der Waals surface area contributed by atoms with Gasteiger partial charge in [-0.05, 0) is 30.7 Å². The minimum absolute atomic E-state index is 0.0906. The molecule has 1 rings (SSSR count). The summed E-state index contributed by atoms with van der Waals surface area (Å²) in [6.07, 6.45) is 1.04. The van der Waals surface area contributed by atoms with Crippen LogP contribution in [0.25, 0.3) is 0 Å². The topological polar surface area (TPSA) is 101 Å². The fourth-order valence-corrected chi connectivity index (χ4v) is 2.13. The molecule has 21 heavy (non-hydrogen) atoms. The summed E-state index contributed by atoms with van der Waals surface area (Å²) in [5, 5.41) is 3.82. The van der Waals surface area contributed by atoms with Gasteiger partial charge < -0.3 is 21.7 Å². The number of amides is 2. The first-order chi connectivity index (χ1) is 9.93. The first kappa shape index (κ1) is 17.3. The van der Waals surface area contributed by atoms with Gasteiger partial charge in [-0.1, -0.05) is 24.6 Å². The third-order valence-electron chi connectivity index (χ3n) is 2.84. The van der Waals surface area contributed by atoms with Gasteiger partial charge in [0, 0.05) is 17.3 Å². The molecule has 0 radical (unpaired) electrons. The van der Waals surface area contributed by atoms with Crippen molar-refractivity contribution >= 4 is 29.1 Å². The van der Waals surface area contributed by atoms with Crippen LogP contribution in [0.1, 0.15) is 18.9 Å². The van der Waals surface area contributed by atoms with Crippen molar-refractivity contribution in [2.45, 2.75) is 19.9 Å². The predicted molar refractivity (Wildman–Crippen MR) is 84.1 cm³/mol. The van der Waals surface area contributed by atoms with Gasteiger partial charge in [0.25, 0.3) is 0 Å². The van der Waals surface area contributed by atoms with Crippen molar-refractivity contribution in [2.75, 3.05) is 24.5 Å². The Hall–Kier alpha value is -1.79. The van der Waals surface area contributed by atoms with Crippen LogP contribution in [0.2, 0.25) is 5.02 Å². The number of halogens is 1. The second-order valence-electron chi connectivity index (χ2n) is 4.74. The maximum absolute atomic E-state index is 11.1. The van der Waals surface area contributed by atoms with E-state index in [1.807, 2.05) is 6.07 Å². The number of carbonyl (C=O) groups excluding carboxylic acids is 2. The number of nitrogens with one attached hydrogen (secondary N) is 1. The molecule has 0 spiro atoms. The molecular weight excluding hydrogens is 292 g/mol. The third kappa shape index (κ3) is 6.01. The average molecular weight is 313 g/mol. The molecule has 1 aromatic carbocycles. The van der Waals surface area contributed by atoms with Crippen LogP contribution < -0.4 is 21.7 Å². The Bertz CT molecular complexity index is 492. The summed E-state index contributed by atoms with van der Waals surface area (Å²) >= 11 is 6.23. The van der Waals surface area contributed by atoms with Gasteiger partial charge in [0.15, 0.2) is 0 Å². The summed E-state index contributed by atoms with van der Waals surface area (Å²) in [7, 11) is 0. The van der Waals surface area contributed by atoms with E-state index in [2.05, 4.69) is 12.2 Å². The highest BCUT2D eigenvalue weighted by atomic mass is 35.5. The second-order valence-corrected chi connectivity index (χ2v) is 5.15. The first-order valence-corrected chi connectivity index (χ1v) is 7.12. The number of hydrogen-bond donors (Lipinski definition) is 3. The van der Waals surface area contributed by atoms with Gasteiger partial charge in [0.05, 0.1) is 13.1 Å². The lowest BCUT2D eigenvalue weighted by molar-refractivity contribution is -0.117. The van der Waals surface area contributed by atoms with Crippen molar-refractivity contribution in [3.05, 3.63) is 28.8 Å². The van der Waals surface area contributed by atoms with Crippen LogP contribution >= 0.6 is 11.6 Å². The molecule has 0 bridgehead atoms. The number of benzene rings is 1. The number of primary amides is 2. The van der Waals surface area contributed by atoms with Gasteiger partial charge in [-0.2, -0.15) is 0 Å². The van der Waals surface area contributed by atoms with Crippen LogP contribution in [-0.4, -0.2) is 31.4 Å². The van der Waals surface area contributed by atoms with Gasteiger partial charge in [-0.3, -0.25) is 9.59 Å². The normalized spacial score (nSPS) is 10.4. The van der Waals surface area contributed by atoms with Crippen molar-refractivity contribution in [3.8, 4) is 0 Å². The molecule has 0 aliphatic rings. The van der Waals surface area contributed by atoms with Gasteiger partial charge in [0.2, 0.25) is 11.8 Å². The van der Waals surface area contributed by atoms with E-state index in [9.17, 15) is 9.59 Å². The Morgan fingerprint density at radius 3 is 2.33 bits per heavy atom. The largest absolute Gasteiger partial charge is 0.368 e. The first-order valence-electron chi connectivity index (χ1n) is 6.74. The Kier molecular flexibility index (Phi) is 6.98. The maximum atomic E-state index is 11.1. The quantitative estimate of drug-likeness (QED) is 0.582. The molecule has 0 aliphatic heterocycles. The summed E-state index contributed by atoms with van der Waals surface area (Å²) in [5.41, 5.74) is 11.9. The summed E-state index contributed by atoms with van der Waals surface area (Å²) in [6.45, 7) is 3.48. The monoisotopic (exact) mass is 312 g/mol. The molecular formula is C14H21ClN4O2. The summed E-state index contributed by atoms with van der Waals surface area (Å²) < 4.78 is 0. The highest BCUT2D eigenvalue weighted by Crippen LogP contribution is 2.23. The minimum Gasteiger partial charge on any atom is -0.368 e. The van der Waals surface area contributed by atoms with Crippen LogP contribution in [-0.2, 0) is 16.1 Å². The molecule has 2 amide bonds. The molecule has 0 unspecified atom stereocenters. The van der Waals surface area contributed by atoms with Crippen LogP contribution in [0, 0.1) is 0 Å². The lowest BCUT2D eigenvalue weighted by Crippen LogP contribution is -2.39. The van der Waals surface area contributed by atoms with Crippen LogP contribution in [0.4, 0.5) is 5.69 Å². The minimum atomic E-state index is -0.541. The lowest BCUT2D eigenvalue weighted by Gasteiger charge is -2.22. The van der Waals surface area contributed by atoms with Crippen molar-refractivity contribution in [3.63, 3.8) is 0 Å². The number of hydrogen-bond acceptors (Lipinski definition) is 4. The summed E-state index contributed by atoms with van der Waals surface area (Å²) in [4.78, 5) is 23.7. The van der Waals surface area contributed by atoms with Crippen molar-refractivity contribution < 1.29 is 9.59 Å². The average Bonchev–Trinajstić information content (AvgIpc) is 2.39. The van der Waals surface area contributed by atoms with Crippen LogP contribution in [0.15, 0.2) is 18.2 Å². The Labute approximate surface area is 129 Å².